The highest BCUT2D eigenvalue weighted by atomic mass is 32.1. The van der Waals surface area contributed by atoms with Crippen LogP contribution in [0.3, 0.4) is 0 Å². The van der Waals surface area contributed by atoms with Crippen molar-refractivity contribution in [2.24, 2.45) is 0 Å². The summed E-state index contributed by atoms with van der Waals surface area (Å²) >= 11 is 3.03. The maximum Gasteiger partial charge on any atom is 0.337 e. The molecule has 1 saturated heterocycles. The minimum atomic E-state index is -0.441. The number of piperazine rings is 1. The molecular formula is C21H22N4O3S2. The number of methoxy groups -OCH3 is 1. The minimum absolute atomic E-state index is 0.300. The first kappa shape index (κ1) is 20.5. The number of carbonyl (C=O) groups excluding carboxylic acids is 2. The Labute approximate surface area is 182 Å². The monoisotopic (exact) mass is 442 g/mol. The Kier molecular flexibility index (Phi) is 6.12. The number of thiophene rings is 1. The van der Waals surface area contributed by atoms with Gasteiger partial charge in [0.25, 0.3) is 5.91 Å². The number of likely N-dealkylation sites (N-methyl/N-ethyl adjacent to an activating group) is 1. The third-order valence-corrected chi connectivity index (χ3v) is 6.86. The van der Waals surface area contributed by atoms with Crippen molar-refractivity contribution in [3.63, 3.8) is 0 Å². The van der Waals surface area contributed by atoms with Gasteiger partial charge in [-0.05, 0) is 36.7 Å². The lowest BCUT2D eigenvalue weighted by Crippen LogP contribution is -2.44. The highest BCUT2D eigenvalue weighted by molar-refractivity contribution is 7.20. The first-order valence-corrected chi connectivity index (χ1v) is 11.3. The molecule has 9 heteroatoms. The number of hydrogen-bond acceptors (Lipinski definition) is 8. The fourth-order valence-electron chi connectivity index (χ4n) is 3.28. The normalized spacial score (nSPS) is 14.5. The first-order chi connectivity index (χ1) is 14.5. The molecule has 1 aliphatic heterocycles. The fraction of sp³-hybridized carbons (Fsp3) is 0.286. The Balaban J connectivity index is 1.60. The number of esters is 1. The van der Waals surface area contributed by atoms with Crippen LogP contribution in [0.4, 0.5) is 11.4 Å². The zero-order chi connectivity index (χ0) is 21.1. The number of benzene rings is 1. The molecule has 156 valence electrons. The average molecular weight is 443 g/mol. The Bertz CT molecular complexity index is 1040. The number of ether oxygens (including phenoxy) is 1. The van der Waals surface area contributed by atoms with Crippen LogP contribution >= 0.6 is 22.7 Å². The Morgan fingerprint density at radius 2 is 1.93 bits per heavy atom. The second-order valence-corrected chi connectivity index (χ2v) is 8.79. The van der Waals surface area contributed by atoms with Gasteiger partial charge in [0.05, 0.1) is 28.9 Å². The van der Waals surface area contributed by atoms with Crippen LogP contribution in [-0.2, 0) is 4.74 Å². The van der Waals surface area contributed by atoms with Crippen LogP contribution in [0.2, 0.25) is 0 Å². The molecule has 0 spiro atoms. The summed E-state index contributed by atoms with van der Waals surface area (Å²) in [6, 6.07) is 9.21. The number of rotatable bonds is 5. The summed E-state index contributed by atoms with van der Waals surface area (Å²) in [5, 5.41) is 7.51. The van der Waals surface area contributed by atoms with Gasteiger partial charge in [-0.25, -0.2) is 9.78 Å². The third-order valence-electron chi connectivity index (χ3n) is 4.98. The predicted octanol–water partition coefficient (Wildman–Crippen LogP) is 3.66. The minimum Gasteiger partial charge on any atom is -0.465 e. The van der Waals surface area contributed by atoms with Gasteiger partial charge in [-0.3, -0.25) is 4.79 Å². The molecule has 0 aliphatic carbocycles. The van der Waals surface area contributed by atoms with E-state index in [4.69, 9.17) is 4.74 Å². The summed E-state index contributed by atoms with van der Waals surface area (Å²) in [7, 11) is 3.43. The van der Waals surface area contributed by atoms with Gasteiger partial charge in [0.15, 0.2) is 0 Å². The van der Waals surface area contributed by atoms with Crippen LogP contribution in [0.25, 0.3) is 9.88 Å². The lowest BCUT2D eigenvalue weighted by atomic mass is 10.1. The summed E-state index contributed by atoms with van der Waals surface area (Å²) in [6.45, 7) is 3.55. The van der Waals surface area contributed by atoms with Gasteiger partial charge in [0.1, 0.15) is 10.7 Å². The number of anilines is 2. The van der Waals surface area contributed by atoms with E-state index >= 15 is 0 Å². The molecule has 0 bridgehead atoms. The quantitative estimate of drug-likeness (QED) is 0.608. The molecule has 0 unspecified atom stereocenters. The van der Waals surface area contributed by atoms with Crippen molar-refractivity contribution in [1.29, 1.82) is 0 Å². The van der Waals surface area contributed by atoms with E-state index in [2.05, 4.69) is 27.1 Å². The van der Waals surface area contributed by atoms with Gasteiger partial charge >= 0.3 is 5.97 Å². The molecule has 7 nitrogen and oxygen atoms in total. The van der Waals surface area contributed by atoms with Crippen molar-refractivity contribution in [2.45, 2.75) is 0 Å². The standard InChI is InChI=1S/C21H22N4O3S2/c1-24-7-9-25(10-8-24)17-6-5-14(21(27)28-2)12-15(17)22-19(26)16-13-30-20(23-16)18-4-3-11-29-18/h3-6,11-13H,7-10H2,1-2H3,(H,22,26). The zero-order valence-corrected chi connectivity index (χ0v) is 18.4. The van der Waals surface area contributed by atoms with Crippen molar-refractivity contribution < 1.29 is 14.3 Å². The molecule has 30 heavy (non-hydrogen) atoms. The molecule has 0 radical (unpaired) electrons. The largest absolute Gasteiger partial charge is 0.465 e. The highest BCUT2D eigenvalue weighted by Crippen LogP contribution is 2.31. The van der Waals surface area contributed by atoms with Gasteiger partial charge in [-0.15, -0.1) is 22.7 Å². The van der Waals surface area contributed by atoms with E-state index in [-0.39, 0.29) is 5.91 Å². The molecule has 3 heterocycles. The molecule has 2 aromatic heterocycles. The molecule has 1 aromatic carbocycles. The SMILES string of the molecule is COC(=O)c1ccc(N2CCN(C)CC2)c(NC(=O)c2csc(-c3cccs3)n2)c1. The first-order valence-electron chi connectivity index (χ1n) is 9.52. The fourth-order valence-corrected chi connectivity index (χ4v) is 4.90. The molecule has 1 N–H and O–H groups in total. The maximum atomic E-state index is 12.9. The summed E-state index contributed by atoms with van der Waals surface area (Å²) < 4.78 is 4.84. The van der Waals surface area contributed by atoms with Crippen molar-refractivity contribution in [1.82, 2.24) is 9.88 Å². The second kappa shape index (κ2) is 8.95. The number of hydrogen-bond donors (Lipinski definition) is 1. The maximum absolute atomic E-state index is 12.9. The van der Waals surface area contributed by atoms with E-state index in [1.165, 1.54) is 18.4 Å². The van der Waals surface area contributed by atoms with Crippen molar-refractivity contribution in [2.75, 3.05) is 50.6 Å². The molecular weight excluding hydrogens is 420 g/mol. The molecule has 3 aromatic rings. The smallest absolute Gasteiger partial charge is 0.337 e. The molecule has 1 fully saturated rings. The van der Waals surface area contributed by atoms with E-state index < -0.39 is 5.97 Å². The summed E-state index contributed by atoms with van der Waals surface area (Å²) in [4.78, 5) is 34.9. The van der Waals surface area contributed by atoms with Crippen LogP contribution in [0.1, 0.15) is 20.8 Å². The van der Waals surface area contributed by atoms with E-state index in [1.807, 2.05) is 23.6 Å². The Morgan fingerprint density at radius 1 is 1.13 bits per heavy atom. The number of carbonyl (C=O) groups is 2. The topological polar surface area (TPSA) is 74.8 Å². The number of amides is 1. The Hall–Kier alpha value is -2.75. The number of thiazole rings is 1. The van der Waals surface area contributed by atoms with Crippen LogP contribution in [0.5, 0.6) is 0 Å². The van der Waals surface area contributed by atoms with E-state index in [0.717, 1.165) is 41.8 Å². The van der Waals surface area contributed by atoms with Gasteiger partial charge in [0.2, 0.25) is 0 Å². The molecule has 0 saturated carbocycles. The van der Waals surface area contributed by atoms with E-state index in [0.29, 0.717) is 16.9 Å². The summed E-state index contributed by atoms with van der Waals surface area (Å²) in [5.41, 5.74) is 2.22. The van der Waals surface area contributed by atoms with Gasteiger partial charge in [0, 0.05) is 31.6 Å². The van der Waals surface area contributed by atoms with Crippen LogP contribution in [0.15, 0.2) is 41.1 Å². The molecule has 1 amide bonds. The van der Waals surface area contributed by atoms with E-state index in [9.17, 15) is 9.59 Å². The van der Waals surface area contributed by atoms with Gasteiger partial charge < -0.3 is 19.9 Å². The van der Waals surface area contributed by atoms with Gasteiger partial charge in [-0.2, -0.15) is 0 Å². The van der Waals surface area contributed by atoms with Gasteiger partial charge in [-0.1, -0.05) is 6.07 Å². The molecule has 0 atom stereocenters. The van der Waals surface area contributed by atoms with Crippen molar-refractivity contribution in [3.8, 4) is 9.88 Å². The second-order valence-electron chi connectivity index (χ2n) is 6.98. The van der Waals surface area contributed by atoms with Crippen LogP contribution in [0, 0.1) is 0 Å². The number of aromatic nitrogens is 1. The average Bonchev–Trinajstić information content (AvgIpc) is 3.46. The molecule has 4 rings (SSSR count). The predicted molar refractivity (Wildman–Crippen MR) is 121 cm³/mol. The highest BCUT2D eigenvalue weighted by Gasteiger charge is 2.21. The van der Waals surface area contributed by atoms with Crippen molar-refractivity contribution >= 4 is 45.9 Å². The van der Waals surface area contributed by atoms with Crippen molar-refractivity contribution in [3.05, 3.63) is 52.3 Å². The van der Waals surface area contributed by atoms with Crippen LogP contribution < -0.4 is 10.2 Å². The number of nitrogens with one attached hydrogen (secondary N) is 1. The summed E-state index contributed by atoms with van der Waals surface area (Å²) in [5.74, 6) is -0.740. The number of nitrogens with zero attached hydrogens (tertiary/aromatic N) is 3. The molecule has 1 aliphatic rings. The summed E-state index contributed by atoms with van der Waals surface area (Å²) in [6.07, 6.45) is 0. The third kappa shape index (κ3) is 4.38. The lowest BCUT2D eigenvalue weighted by molar-refractivity contribution is 0.0600. The van der Waals surface area contributed by atoms with E-state index in [1.54, 1.807) is 28.8 Å². The zero-order valence-electron chi connectivity index (χ0n) is 16.8. The Morgan fingerprint density at radius 3 is 2.63 bits per heavy atom. The lowest BCUT2D eigenvalue weighted by Gasteiger charge is -2.35. The van der Waals surface area contributed by atoms with Crippen LogP contribution in [-0.4, -0.2) is 62.1 Å².